The van der Waals surface area contributed by atoms with Gasteiger partial charge in [0.25, 0.3) is 0 Å². The second kappa shape index (κ2) is 5.74. The maximum Gasteiger partial charge on any atom is 0.147 e. The molecule has 0 unspecified atom stereocenters. The highest BCUT2D eigenvalue weighted by molar-refractivity contribution is 5.82. The van der Waals surface area contributed by atoms with Crippen molar-refractivity contribution in [3.63, 3.8) is 0 Å². The summed E-state index contributed by atoms with van der Waals surface area (Å²) in [5, 5.41) is 12.4. The summed E-state index contributed by atoms with van der Waals surface area (Å²) in [5.41, 5.74) is 4.75. The molecule has 136 valence electrons. The third-order valence-electron chi connectivity index (χ3n) is 5.77. The molecule has 0 saturated carbocycles. The van der Waals surface area contributed by atoms with Crippen LogP contribution in [0.3, 0.4) is 0 Å². The van der Waals surface area contributed by atoms with E-state index in [0.717, 1.165) is 54.3 Å². The molecule has 7 nitrogen and oxygen atoms in total. The Morgan fingerprint density at radius 3 is 2.73 bits per heavy atom. The number of nitrogens with zero attached hydrogens (tertiary/aromatic N) is 5. The van der Waals surface area contributed by atoms with Crippen molar-refractivity contribution in [3.8, 4) is 16.9 Å². The predicted octanol–water partition coefficient (Wildman–Crippen LogP) is 1.93. The fraction of sp³-hybridized carbons (Fsp3) is 0.474. The summed E-state index contributed by atoms with van der Waals surface area (Å²) in [6.45, 7) is 4.47. The van der Waals surface area contributed by atoms with Gasteiger partial charge < -0.3 is 15.0 Å². The Bertz CT molecular complexity index is 944. The molecule has 2 saturated heterocycles. The molecule has 3 aromatic heterocycles. The number of hydrogen-bond donors (Lipinski definition) is 1. The molecular weight excluding hydrogens is 328 g/mol. The van der Waals surface area contributed by atoms with Gasteiger partial charge in [-0.3, -0.25) is 4.68 Å². The Kier molecular flexibility index (Phi) is 3.46. The van der Waals surface area contributed by atoms with Crippen molar-refractivity contribution < 1.29 is 4.74 Å². The van der Waals surface area contributed by atoms with Crippen molar-refractivity contribution in [2.75, 3.05) is 38.2 Å². The van der Waals surface area contributed by atoms with Crippen LogP contribution in [0, 0.1) is 5.41 Å². The number of fused-ring (bicyclic) bond motifs is 1. The summed E-state index contributed by atoms with van der Waals surface area (Å²) in [5.74, 6) is 0.849. The summed E-state index contributed by atoms with van der Waals surface area (Å²) in [6, 6.07) is 2.08. The molecule has 2 fully saturated rings. The first-order chi connectivity index (χ1) is 12.7. The lowest BCUT2D eigenvalue weighted by molar-refractivity contribution is 0.157. The molecule has 0 atom stereocenters. The monoisotopic (exact) mass is 352 g/mol. The van der Waals surface area contributed by atoms with Crippen LogP contribution in [0.15, 0.2) is 30.9 Å². The van der Waals surface area contributed by atoms with Gasteiger partial charge in [0.15, 0.2) is 0 Å². The van der Waals surface area contributed by atoms with Crippen LogP contribution in [-0.2, 0) is 7.05 Å². The van der Waals surface area contributed by atoms with Gasteiger partial charge in [-0.25, -0.2) is 4.52 Å². The van der Waals surface area contributed by atoms with Crippen LogP contribution in [0.5, 0.6) is 5.75 Å². The number of aryl methyl sites for hydroxylation is 1. The van der Waals surface area contributed by atoms with Crippen molar-refractivity contribution in [3.05, 3.63) is 30.9 Å². The van der Waals surface area contributed by atoms with Crippen molar-refractivity contribution >= 4 is 11.2 Å². The van der Waals surface area contributed by atoms with Crippen molar-refractivity contribution in [2.24, 2.45) is 12.5 Å². The topological polar surface area (TPSA) is 59.6 Å². The molecule has 0 bridgehead atoms. The quantitative estimate of drug-likeness (QED) is 0.781. The predicted molar refractivity (Wildman–Crippen MR) is 101 cm³/mol. The average Bonchev–Trinajstić information content (AvgIpc) is 3.25. The molecule has 2 aliphatic heterocycles. The van der Waals surface area contributed by atoms with Gasteiger partial charge >= 0.3 is 0 Å². The van der Waals surface area contributed by atoms with Gasteiger partial charge in [-0.2, -0.15) is 10.2 Å². The van der Waals surface area contributed by atoms with Crippen molar-refractivity contribution in [2.45, 2.75) is 12.8 Å². The second-order valence-corrected chi connectivity index (χ2v) is 7.66. The van der Waals surface area contributed by atoms with Gasteiger partial charge in [0.2, 0.25) is 0 Å². The van der Waals surface area contributed by atoms with E-state index in [1.807, 2.05) is 30.2 Å². The zero-order chi connectivity index (χ0) is 17.7. The minimum atomic E-state index is 0.440. The van der Waals surface area contributed by atoms with E-state index in [9.17, 15) is 0 Å². The fourth-order valence-electron chi connectivity index (χ4n) is 4.42. The number of aromatic nitrogens is 4. The standard InChI is InChI=1S/C19H24N6O/c1-23-9-15(7-21-23)14-6-17(26-2)18-16(8-22-25(18)10-14)24-12-19(13-24)4-3-5-20-11-19/h6-10,20H,3-5,11-13H2,1-2H3. The van der Waals surface area contributed by atoms with Crippen LogP contribution in [0.2, 0.25) is 0 Å². The Balaban J connectivity index is 1.50. The SMILES string of the molecule is COc1cc(-c2cnn(C)c2)cn2ncc(N3CC4(CCCNC4)C3)c12. The maximum atomic E-state index is 5.72. The fourth-order valence-corrected chi connectivity index (χ4v) is 4.42. The molecule has 0 amide bonds. The lowest BCUT2D eigenvalue weighted by Crippen LogP contribution is -2.62. The minimum Gasteiger partial charge on any atom is -0.494 e. The van der Waals surface area contributed by atoms with Crippen LogP contribution in [0.25, 0.3) is 16.6 Å². The number of piperidine rings is 1. The van der Waals surface area contributed by atoms with E-state index >= 15 is 0 Å². The van der Waals surface area contributed by atoms with Gasteiger partial charge in [0, 0.05) is 55.6 Å². The van der Waals surface area contributed by atoms with Gasteiger partial charge in [0.1, 0.15) is 11.3 Å². The maximum absolute atomic E-state index is 5.72. The Morgan fingerprint density at radius 1 is 1.15 bits per heavy atom. The molecule has 26 heavy (non-hydrogen) atoms. The molecule has 0 aromatic carbocycles. The van der Waals surface area contributed by atoms with E-state index in [-0.39, 0.29) is 0 Å². The number of nitrogens with one attached hydrogen (secondary N) is 1. The second-order valence-electron chi connectivity index (χ2n) is 7.66. The molecule has 1 spiro atoms. The lowest BCUT2D eigenvalue weighted by Gasteiger charge is -2.53. The van der Waals surface area contributed by atoms with Crippen molar-refractivity contribution in [1.29, 1.82) is 0 Å². The summed E-state index contributed by atoms with van der Waals surface area (Å²) >= 11 is 0. The van der Waals surface area contributed by atoms with Gasteiger partial charge in [0.05, 0.1) is 25.2 Å². The third-order valence-corrected chi connectivity index (χ3v) is 5.77. The van der Waals surface area contributed by atoms with Crippen molar-refractivity contribution in [1.82, 2.24) is 24.7 Å². The van der Waals surface area contributed by atoms with E-state index in [0.29, 0.717) is 5.41 Å². The molecule has 1 N–H and O–H groups in total. The molecule has 0 aliphatic carbocycles. The Hall–Kier alpha value is -2.54. The highest BCUT2D eigenvalue weighted by atomic mass is 16.5. The highest BCUT2D eigenvalue weighted by Crippen LogP contribution is 2.42. The number of methoxy groups -OCH3 is 1. The van der Waals surface area contributed by atoms with Gasteiger partial charge in [-0.05, 0) is 25.5 Å². The zero-order valence-corrected chi connectivity index (χ0v) is 15.3. The van der Waals surface area contributed by atoms with E-state index in [1.165, 1.54) is 12.8 Å². The first-order valence-electron chi connectivity index (χ1n) is 9.18. The first kappa shape index (κ1) is 15.7. The smallest absolute Gasteiger partial charge is 0.147 e. The van der Waals surface area contributed by atoms with Crippen LogP contribution < -0.4 is 15.0 Å². The molecule has 0 radical (unpaired) electrons. The molecule has 2 aliphatic rings. The molecule has 5 heterocycles. The summed E-state index contributed by atoms with van der Waals surface area (Å²) in [7, 11) is 3.65. The Labute approximate surface area is 152 Å². The number of hydrogen-bond acceptors (Lipinski definition) is 5. The Morgan fingerprint density at radius 2 is 2.04 bits per heavy atom. The number of ether oxygens (including phenoxy) is 1. The summed E-state index contributed by atoms with van der Waals surface area (Å²) in [4.78, 5) is 2.43. The van der Waals surface area contributed by atoms with Crippen LogP contribution in [0.1, 0.15) is 12.8 Å². The van der Waals surface area contributed by atoms with Gasteiger partial charge in [-0.1, -0.05) is 0 Å². The van der Waals surface area contributed by atoms with Gasteiger partial charge in [-0.15, -0.1) is 0 Å². The van der Waals surface area contributed by atoms with Crippen LogP contribution in [-0.4, -0.2) is 52.7 Å². The number of rotatable bonds is 3. The first-order valence-corrected chi connectivity index (χ1v) is 9.18. The minimum absolute atomic E-state index is 0.440. The average molecular weight is 352 g/mol. The third kappa shape index (κ3) is 2.38. The lowest BCUT2D eigenvalue weighted by atomic mass is 9.74. The highest BCUT2D eigenvalue weighted by Gasteiger charge is 2.44. The van der Waals surface area contributed by atoms with E-state index < -0.39 is 0 Å². The van der Waals surface area contributed by atoms with Crippen LogP contribution in [0.4, 0.5) is 5.69 Å². The number of pyridine rings is 1. The summed E-state index contributed by atoms with van der Waals surface area (Å²) < 4.78 is 9.46. The molecule has 5 rings (SSSR count). The van der Waals surface area contributed by atoms with E-state index in [2.05, 4.69) is 32.7 Å². The molecule has 7 heteroatoms. The van der Waals surface area contributed by atoms with Crippen LogP contribution >= 0.6 is 0 Å². The molecular formula is C19H24N6O. The summed E-state index contributed by atoms with van der Waals surface area (Å²) in [6.07, 6.45) is 10.5. The molecule has 3 aromatic rings. The largest absolute Gasteiger partial charge is 0.494 e. The number of anilines is 1. The van der Waals surface area contributed by atoms with E-state index in [1.54, 1.807) is 11.8 Å². The zero-order valence-electron chi connectivity index (χ0n) is 15.3. The van der Waals surface area contributed by atoms with E-state index in [4.69, 9.17) is 4.74 Å². The normalized spacial score (nSPS) is 19.1.